The summed E-state index contributed by atoms with van der Waals surface area (Å²) in [5.74, 6) is 0.691. The molecule has 0 aromatic carbocycles. The third-order valence-electron chi connectivity index (χ3n) is 2.70. The first-order valence-electron chi connectivity index (χ1n) is 5.16. The minimum atomic E-state index is 0.684. The Morgan fingerprint density at radius 3 is 3.08 bits per heavy atom. The van der Waals surface area contributed by atoms with Gasteiger partial charge >= 0.3 is 0 Å². The third-order valence-corrected chi connectivity index (χ3v) is 2.70. The number of nitriles is 1. The topological polar surface area (TPSA) is 53.0 Å². The zero-order chi connectivity index (χ0) is 9.52. The SMILES string of the molecule is N#CCCCN1CCCC(CN)C1. The normalized spacial score (nSPS) is 24.2. The molecule has 13 heavy (non-hydrogen) atoms. The van der Waals surface area contributed by atoms with Crippen LogP contribution in [0.2, 0.25) is 0 Å². The zero-order valence-corrected chi connectivity index (χ0v) is 8.21. The number of unbranched alkanes of at least 4 members (excludes halogenated alkanes) is 1. The van der Waals surface area contributed by atoms with E-state index in [4.69, 9.17) is 11.0 Å². The molecule has 3 heteroatoms. The van der Waals surface area contributed by atoms with Crippen LogP contribution < -0.4 is 5.73 Å². The summed E-state index contributed by atoms with van der Waals surface area (Å²) in [6.07, 6.45) is 4.25. The molecular weight excluding hydrogens is 162 g/mol. The van der Waals surface area contributed by atoms with E-state index >= 15 is 0 Å². The highest BCUT2D eigenvalue weighted by Crippen LogP contribution is 2.15. The molecule has 0 aromatic heterocycles. The predicted octanol–water partition coefficient (Wildman–Crippen LogP) is 0.961. The molecule has 0 aromatic rings. The monoisotopic (exact) mass is 181 g/mol. The Hall–Kier alpha value is -0.590. The average molecular weight is 181 g/mol. The third kappa shape index (κ3) is 3.75. The summed E-state index contributed by atoms with van der Waals surface area (Å²) in [6, 6.07) is 2.18. The molecule has 2 N–H and O–H groups in total. The molecule has 1 fully saturated rings. The van der Waals surface area contributed by atoms with Gasteiger partial charge in [-0.15, -0.1) is 0 Å². The van der Waals surface area contributed by atoms with Crippen LogP contribution in [0.25, 0.3) is 0 Å². The van der Waals surface area contributed by atoms with Gasteiger partial charge in [-0.3, -0.25) is 0 Å². The highest BCUT2D eigenvalue weighted by Gasteiger charge is 2.17. The number of nitrogens with zero attached hydrogens (tertiary/aromatic N) is 2. The highest BCUT2D eigenvalue weighted by molar-refractivity contribution is 4.75. The van der Waals surface area contributed by atoms with Gasteiger partial charge in [0.25, 0.3) is 0 Å². The van der Waals surface area contributed by atoms with Gasteiger partial charge in [-0.25, -0.2) is 0 Å². The van der Waals surface area contributed by atoms with Crippen molar-refractivity contribution in [3.8, 4) is 6.07 Å². The van der Waals surface area contributed by atoms with Crippen LogP contribution in [0.3, 0.4) is 0 Å². The molecule has 1 heterocycles. The van der Waals surface area contributed by atoms with Crippen molar-refractivity contribution in [1.82, 2.24) is 4.90 Å². The molecule has 1 atom stereocenters. The lowest BCUT2D eigenvalue weighted by Gasteiger charge is -2.31. The fourth-order valence-electron chi connectivity index (χ4n) is 1.93. The minimum absolute atomic E-state index is 0.684. The second-order valence-electron chi connectivity index (χ2n) is 3.81. The van der Waals surface area contributed by atoms with Crippen LogP contribution in [0.15, 0.2) is 0 Å². The summed E-state index contributed by atoms with van der Waals surface area (Å²) in [5.41, 5.74) is 5.64. The molecule has 1 aliphatic rings. The van der Waals surface area contributed by atoms with Crippen molar-refractivity contribution in [2.45, 2.75) is 25.7 Å². The first-order chi connectivity index (χ1) is 6.36. The maximum absolute atomic E-state index is 8.41. The first-order valence-corrected chi connectivity index (χ1v) is 5.16. The Morgan fingerprint density at radius 1 is 1.54 bits per heavy atom. The molecule has 0 spiro atoms. The Balaban J connectivity index is 2.15. The van der Waals surface area contributed by atoms with Crippen molar-refractivity contribution in [2.24, 2.45) is 11.7 Å². The lowest BCUT2D eigenvalue weighted by Crippen LogP contribution is -2.38. The van der Waals surface area contributed by atoms with Crippen LogP contribution in [-0.2, 0) is 0 Å². The van der Waals surface area contributed by atoms with Crippen molar-refractivity contribution < 1.29 is 0 Å². The number of nitrogens with two attached hydrogens (primary N) is 1. The van der Waals surface area contributed by atoms with E-state index in [0.29, 0.717) is 12.3 Å². The standard InChI is InChI=1S/C10H19N3/c11-5-1-2-6-13-7-3-4-10(8-12)9-13/h10H,1-4,6-9,12H2. The molecule has 1 rings (SSSR count). The largest absolute Gasteiger partial charge is 0.330 e. The van der Waals surface area contributed by atoms with Crippen molar-refractivity contribution in [2.75, 3.05) is 26.2 Å². The fraction of sp³-hybridized carbons (Fsp3) is 0.900. The van der Waals surface area contributed by atoms with Crippen LogP contribution in [0, 0.1) is 17.2 Å². The molecule has 0 amide bonds. The van der Waals surface area contributed by atoms with Crippen LogP contribution in [-0.4, -0.2) is 31.1 Å². The molecule has 1 aliphatic heterocycles. The van der Waals surface area contributed by atoms with Gasteiger partial charge in [0.1, 0.15) is 0 Å². The molecule has 0 bridgehead atoms. The summed E-state index contributed by atoms with van der Waals surface area (Å²) < 4.78 is 0. The molecule has 3 nitrogen and oxygen atoms in total. The highest BCUT2D eigenvalue weighted by atomic mass is 15.1. The van der Waals surface area contributed by atoms with E-state index in [1.54, 1.807) is 0 Å². The summed E-state index contributed by atoms with van der Waals surface area (Å²) >= 11 is 0. The van der Waals surface area contributed by atoms with Crippen LogP contribution in [0.5, 0.6) is 0 Å². The van der Waals surface area contributed by atoms with E-state index in [2.05, 4.69) is 11.0 Å². The van der Waals surface area contributed by atoms with Gasteiger partial charge in [-0.2, -0.15) is 5.26 Å². The van der Waals surface area contributed by atoms with Gasteiger partial charge in [0.2, 0.25) is 0 Å². The van der Waals surface area contributed by atoms with E-state index in [0.717, 1.165) is 26.1 Å². The summed E-state index contributed by atoms with van der Waals surface area (Å²) in [6.45, 7) is 4.22. The van der Waals surface area contributed by atoms with Gasteiger partial charge in [-0.05, 0) is 44.8 Å². The molecule has 74 valence electrons. The smallest absolute Gasteiger partial charge is 0.0622 e. The Kier molecular flexibility index (Phi) is 4.81. The molecule has 1 saturated heterocycles. The average Bonchev–Trinajstić information content (AvgIpc) is 2.19. The summed E-state index contributed by atoms with van der Waals surface area (Å²) in [4.78, 5) is 2.44. The molecule has 0 radical (unpaired) electrons. The molecule has 0 saturated carbocycles. The summed E-state index contributed by atoms with van der Waals surface area (Å²) in [7, 11) is 0. The number of hydrogen-bond donors (Lipinski definition) is 1. The zero-order valence-electron chi connectivity index (χ0n) is 8.21. The molecule has 1 unspecified atom stereocenters. The van der Waals surface area contributed by atoms with Crippen molar-refractivity contribution >= 4 is 0 Å². The van der Waals surface area contributed by atoms with Gasteiger partial charge in [0.05, 0.1) is 6.07 Å². The number of likely N-dealkylation sites (tertiary alicyclic amines) is 1. The molecular formula is C10H19N3. The number of hydrogen-bond acceptors (Lipinski definition) is 3. The maximum Gasteiger partial charge on any atom is 0.0622 e. The van der Waals surface area contributed by atoms with Crippen molar-refractivity contribution in [3.05, 3.63) is 0 Å². The lowest BCUT2D eigenvalue weighted by atomic mass is 9.98. The van der Waals surface area contributed by atoms with E-state index in [-0.39, 0.29) is 0 Å². The van der Waals surface area contributed by atoms with Crippen LogP contribution in [0.4, 0.5) is 0 Å². The van der Waals surface area contributed by atoms with Crippen molar-refractivity contribution in [3.63, 3.8) is 0 Å². The molecule has 0 aliphatic carbocycles. The van der Waals surface area contributed by atoms with E-state index in [1.165, 1.54) is 19.4 Å². The minimum Gasteiger partial charge on any atom is -0.330 e. The Bertz CT molecular complexity index is 173. The van der Waals surface area contributed by atoms with Gasteiger partial charge in [-0.1, -0.05) is 0 Å². The van der Waals surface area contributed by atoms with E-state index in [1.807, 2.05) is 0 Å². The van der Waals surface area contributed by atoms with E-state index < -0.39 is 0 Å². The Morgan fingerprint density at radius 2 is 2.38 bits per heavy atom. The predicted molar refractivity (Wildman–Crippen MR) is 53.1 cm³/mol. The number of piperidine rings is 1. The maximum atomic E-state index is 8.41. The lowest BCUT2D eigenvalue weighted by molar-refractivity contribution is 0.177. The Labute approximate surface area is 80.5 Å². The van der Waals surface area contributed by atoms with Gasteiger partial charge < -0.3 is 10.6 Å². The first kappa shape index (κ1) is 10.5. The fourth-order valence-corrected chi connectivity index (χ4v) is 1.93. The van der Waals surface area contributed by atoms with Crippen LogP contribution in [0.1, 0.15) is 25.7 Å². The quantitative estimate of drug-likeness (QED) is 0.657. The number of rotatable bonds is 4. The summed E-state index contributed by atoms with van der Waals surface area (Å²) in [5, 5.41) is 8.41. The van der Waals surface area contributed by atoms with E-state index in [9.17, 15) is 0 Å². The second-order valence-corrected chi connectivity index (χ2v) is 3.81. The van der Waals surface area contributed by atoms with Gasteiger partial charge in [0.15, 0.2) is 0 Å². The van der Waals surface area contributed by atoms with Gasteiger partial charge in [0, 0.05) is 13.0 Å². The van der Waals surface area contributed by atoms with Crippen molar-refractivity contribution in [1.29, 1.82) is 5.26 Å². The second kappa shape index (κ2) is 5.95. The van der Waals surface area contributed by atoms with Crippen LogP contribution >= 0.6 is 0 Å².